The van der Waals surface area contributed by atoms with Crippen molar-refractivity contribution in [3.63, 3.8) is 0 Å². The summed E-state index contributed by atoms with van der Waals surface area (Å²) < 4.78 is 53.9. The molecule has 1 N–H and O–H groups in total. The summed E-state index contributed by atoms with van der Waals surface area (Å²) in [6.07, 6.45) is 1.01. The lowest BCUT2D eigenvalue weighted by molar-refractivity contribution is 0.471. The van der Waals surface area contributed by atoms with Gasteiger partial charge < -0.3 is 0 Å². The highest BCUT2D eigenvalue weighted by atomic mass is 32.2. The normalized spacial score (nSPS) is 11.8. The molecule has 0 saturated carbocycles. The molecule has 184 valence electrons. The molecule has 5 aromatic rings. The Balaban J connectivity index is 0.000000198. The Kier molecular flexibility index (Phi) is 6.70. The van der Waals surface area contributed by atoms with Crippen molar-refractivity contribution in [2.75, 3.05) is 0 Å². The zero-order chi connectivity index (χ0) is 26.0. The first-order chi connectivity index (χ1) is 17.8. The van der Waals surface area contributed by atoms with Gasteiger partial charge in [-0.15, -0.1) is 0 Å². The Morgan fingerprint density at radius 2 is 1.22 bits per heavy atom. The van der Waals surface area contributed by atoms with Crippen molar-refractivity contribution in [2.45, 2.75) is 11.3 Å². The van der Waals surface area contributed by atoms with Crippen molar-refractivity contribution in [2.24, 2.45) is 0 Å². The predicted octanol–water partition coefficient (Wildman–Crippen LogP) is 7.80. The largest absolute Gasteiger partial charge is 0.297 e. The van der Waals surface area contributed by atoms with E-state index < -0.39 is 26.6 Å². The first-order valence-corrected chi connectivity index (χ1v) is 13.0. The quantitative estimate of drug-likeness (QED) is 0.246. The fraction of sp³-hybridized carbons (Fsp3) is 0.0323. The van der Waals surface area contributed by atoms with Crippen molar-refractivity contribution in [1.29, 1.82) is 0 Å². The summed E-state index contributed by atoms with van der Waals surface area (Å²) in [5.41, 5.74) is 10.9. The van der Waals surface area contributed by atoms with Gasteiger partial charge in [-0.2, -0.15) is 8.42 Å². The molecule has 6 rings (SSSR count). The molecule has 0 aliphatic heterocycles. The highest BCUT2D eigenvalue weighted by molar-refractivity contribution is 7.85. The van der Waals surface area contributed by atoms with Crippen LogP contribution in [0.5, 0.6) is 0 Å². The number of halogens is 2. The lowest BCUT2D eigenvalue weighted by Crippen LogP contribution is -2.01. The first-order valence-electron chi connectivity index (χ1n) is 11.6. The van der Waals surface area contributed by atoms with Crippen LogP contribution in [0.15, 0.2) is 120 Å². The van der Waals surface area contributed by atoms with Gasteiger partial charge in [0, 0.05) is 6.07 Å². The third-order valence-electron chi connectivity index (χ3n) is 6.31. The van der Waals surface area contributed by atoms with E-state index >= 15 is 0 Å². The summed E-state index contributed by atoms with van der Waals surface area (Å²) in [5, 5.41) is 0. The summed E-state index contributed by atoms with van der Waals surface area (Å²) in [6, 6.07) is 36.7. The van der Waals surface area contributed by atoms with Gasteiger partial charge in [-0.25, -0.2) is 8.78 Å². The van der Waals surface area contributed by atoms with E-state index in [1.54, 1.807) is 0 Å². The van der Waals surface area contributed by atoms with Crippen molar-refractivity contribution in [1.82, 2.24) is 0 Å². The Morgan fingerprint density at radius 1 is 0.622 bits per heavy atom. The summed E-state index contributed by atoms with van der Waals surface area (Å²) in [7, 11) is -4.59. The van der Waals surface area contributed by atoms with Gasteiger partial charge in [0.25, 0.3) is 10.1 Å². The van der Waals surface area contributed by atoms with Crippen molar-refractivity contribution < 1.29 is 21.8 Å². The lowest BCUT2D eigenvalue weighted by Gasteiger charge is -2.16. The molecule has 0 fully saturated rings. The molecule has 6 heteroatoms. The summed E-state index contributed by atoms with van der Waals surface area (Å²) in [5.74, 6) is -2.21. The SMILES string of the molecule is O=S(=O)(O)c1ccc(F)cc1F.c1ccc(-c2ccc3c(c2-c2ccccc2)Cc2ccccc2-3)cc1. The molecule has 0 aromatic heterocycles. The van der Waals surface area contributed by atoms with Gasteiger partial charge in [-0.1, -0.05) is 97.1 Å². The molecule has 0 heterocycles. The molecule has 0 unspecified atom stereocenters. The maximum Gasteiger partial charge on any atom is 0.297 e. The van der Waals surface area contributed by atoms with E-state index in [9.17, 15) is 17.2 Å². The van der Waals surface area contributed by atoms with Crippen LogP contribution in [0.1, 0.15) is 11.1 Å². The highest BCUT2D eigenvalue weighted by Gasteiger charge is 2.23. The van der Waals surface area contributed by atoms with Crippen LogP contribution in [0.3, 0.4) is 0 Å². The monoisotopic (exact) mass is 512 g/mol. The predicted molar refractivity (Wildman–Crippen MR) is 142 cm³/mol. The molecule has 0 radical (unpaired) electrons. The minimum Gasteiger partial charge on any atom is -0.282 e. The average molecular weight is 513 g/mol. The van der Waals surface area contributed by atoms with Crippen LogP contribution in [0.4, 0.5) is 8.78 Å². The fourth-order valence-corrected chi connectivity index (χ4v) is 5.23. The smallest absolute Gasteiger partial charge is 0.282 e. The molecule has 37 heavy (non-hydrogen) atoms. The van der Waals surface area contributed by atoms with Crippen LogP contribution in [-0.4, -0.2) is 13.0 Å². The van der Waals surface area contributed by atoms with E-state index in [0.29, 0.717) is 12.1 Å². The average Bonchev–Trinajstić information content (AvgIpc) is 3.27. The fourth-order valence-electron chi connectivity index (χ4n) is 4.69. The van der Waals surface area contributed by atoms with Gasteiger partial charge in [0.15, 0.2) is 0 Å². The molecule has 0 bridgehead atoms. The maximum absolute atomic E-state index is 12.6. The summed E-state index contributed by atoms with van der Waals surface area (Å²) in [4.78, 5) is -0.927. The number of fused-ring (bicyclic) bond motifs is 3. The van der Waals surface area contributed by atoms with Crippen molar-refractivity contribution in [3.8, 4) is 33.4 Å². The van der Waals surface area contributed by atoms with Crippen molar-refractivity contribution >= 4 is 10.1 Å². The van der Waals surface area contributed by atoms with Crippen LogP contribution in [-0.2, 0) is 16.5 Å². The minimum absolute atomic E-state index is 0.378. The van der Waals surface area contributed by atoms with Gasteiger partial charge in [0.1, 0.15) is 16.5 Å². The van der Waals surface area contributed by atoms with Gasteiger partial charge in [0.2, 0.25) is 0 Å². The molecule has 0 spiro atoms. The molecular weight excluding hydrogens is 490 g/mol. The standard InChI is InChI=1S/C25H18.C6H4F2O3S/c1-3-9-18(10-4-1)22-15-16-23-21-14-8-7-13-20(21)17-24(23)25(22)19-11-5-2-6-12-19;7-4-1-2-6(5(8)3-4)12(9,10)11/h1-16H,17H2;1-3H,(H,9,10,11). The summed E-state index contributed by atoms with van der Waals surface area (Å²) >= 11 is 0. The second kappa shape index (κ2) is 10.1. The molecular formula is C31H22F2O3S. The second-order valence-electron chi connectivity index (χ2n) is 8.63. The Labute approximate surface area is 214 Å². The van der Waals surface area contributed by atoms with Crippen LogP contribution in [0, 0.1) is 11.6 Å². The molecule has 3 nitrogen and oxygen atoms in total. The van der Waals surface area contributed by atoms with Crippen LogP contribution >= 0.6 is 0 Å². The number of benzene rings is 5. The van der Waals surface area contributed by atoms with Crippen LogP contribution in [0.25, 0.3) is 33.4 Å². The lowest BCUT2D eigenvalue weighted by atomic mass is 9.88. The molecule has 0 atom stereocenters. The van der Waals surface area contributed by atoms with Gasteiger partial charge in [-0.3, -0.25) is 4.55 Å². The Hall–Kier alpha value is -4.13. The van der Waals surface area contributed by atoms with E-state index in [1.807, 2.05) is 0 Å². The van der Waals surface area contributed by atoms with E-state index in [-0.39, 0.29) is 0 Å². The first kappa shape index (κ1) is 24.6. The second-order valence-corrected chi connectivity index (χ2v) is 10.0. The summed E-state index contributed by atoms with van der Waals surface area (Å²) in [6.45, 7) is 0. The number of hydrogen-bond acceptors (Lipinski definition) is 2. The van der Waals surface area contributed by atoms with E-state index in [0.717, 1.165) is 12.5 Å². The molecule has 0 saturated heterocycles. The number of rotatable bonds is 3. The molecule has 1 aliphatic carbocycles. The van der Waals surface area contributed by atoms with E-state index in [4.69, 9.17) is 4.55 Å². The van der Waals surface area contributed by atoms with Crippen LogP contribution in [0.2, 0.25) is 0 Å². The Bertz CT molecular complexity index is 1680. The molecule has 1 aliphatic rings. The Morgan fingerprint density at radius 3 is 1.86 bits per heavy atom. The third kappa shape index (κ3) is 5.07. The number of hydrogen-bond donors (Lipinski definition) is 1. The minimum atomic E-state index is -4.59. The van der Waals surface area contributed by atoms with Crippen molar-refractivity contribution in [3.05, 3.63) is 138 Å². The van der Waals surface area contributed by atoms with Gasteiger partial charge in [0.05, 0.1) is 0 Å². The van der Waals surface area contributed by atoms with Gasteiger partial charge in [-0.05, 0) is 63.1 Å². The third-order valence-corrected chi connectivity index (χ3v) is 7.19. The van der Waals surface area contributed by atoms with E-state index in [1.165, 1.54) is 44.5 Å². The zero-order valence-electron chi connectivity index (χ0n) is 19.6. The molecule has 0 amide bonds. The topological polar surface area (TPSA) is 54.4 Å². The van der Waals surface area contributed by atoms with E-state index in [2.05, 4.69) is 97.1 Å². The van der Waals surface area contributed by atoms with Crippen LogP contribution < -0.4 is 0 Å². The zero-order valence-corrected chi connectivity index (χ0v) is 20.4. The maximum atomic E-state index is 12.6. The highest BCUT2D eigenvalue weighted by Crippen LogP contribution is 2.45. The van der Waals surface area contributed by atoms with Gasteiger partial charge >= 0.3 is 0 Å². The molecule has 5 aromatic carbocycles.